The van der Waals surface area contributed by atoms with Crippen molar-refractivity contribution in [2.75, 3.05) is 7.05 Å². The van der Waals surface area contributed by atoms with Crippen molar-refractivity contribution in [2.24, 2.45) is 0 Å². The highest BCUT2D eigenvalue weighted by molar-refractivity contribution is 7.15. The summed E-state index contributed by atoms with van der Waals surface area (Å²) in [6.07, 6.45) is 0. The second-order valence-electron chi connectivity index (χ2n) is 6.04. The average Bonchev–Trinajstić information content (AvgIpc) is 2.86. The Morgan fingerprint density at radius 1 is 1.00 bits per heavy atom. The third kappa shape index (κ3) is 3.26. The number of thiophene rings is 1. The zero-order valence-corrected chi connectivity index (χ0v) is 13.3. The van der Waals surface area contributed by atoms with Crippen LogP contribution in [0.1, 0.15) is 44.2 Å². The maximum atomic E-state index is 3.29. The van der Waals surface area contributed by atoms with Crippen molar-refractivity contribution in [3.63, 3.8) is 0 Å². The lowest BCUT2D eigenvalue weighted by molar-refractivity contribution is 0.590. The van der Waals surface area contributed by atoms with Crippen LogP contribution < -0.4 is 5.32 Å². The van der Waals surface area contributed by atoms with E-state index in [4.69, 9.17) is 0 Å². The summed E-state index contributed by atoms with van der Waals surface area (Å²) in [6.45, 7) is 8.94. The lowest BCUT2D eigenvalue weighted by atomic mass is 9.86. The van der Waals surface area contributed by atoms with Crippen LogP contribution in [0, 0.1) is 0 Å². The van der Waals surface area contributed by atoms with Gasteiger partial charge in [0.15, 0.2) is 0 Å². The van der Waals surface area contributed by atoms with Gasteiger partial charge in [0.1, 0.15) is 0 Å². The molecule has 0 aliphatic heterocycles. The van der Waals surface area contributed by atoms with Crippen molar-refractivity contribution in [1.82, 2.24) is 5.32 Å². The smallest absolute Gasteiger partial charge is 0.0383 e. The molecule has 1 aromatic heterocycles. The van der Waals surface area contributed by atoms with Gasteiger partial charge in [0, 0.05) is 15.8 Å². The highest BCUT2D eigenvalue weighted by Gasteiger charge is 2.13. The van der Waals surface area contributed by atoms with Crippen molar-refractivity contribution in [1.29, 1.82) is 0 Å². The van der Waals surface area contributed by atoms with Gasteiger partial charge in [-0.1, -0.05) is 45.0 Å². The number of rotatable bonds is 3. The van der Waals surface area contributed by atoms with E-state index >= 15 is 0 Å². The van der Waals surface area contributed by atoms with Crippen molar-refractivity contribution >= 4 is 11.3 Å². The van der Waals surface area contributed by atoms with E-state index in [0.717, 1.165) is 0 Å². The molecule has 1 aromatic carbocycles. The summed E-state index contributed by atoms with van der Waals surface area (Å²) in [7, 11) is 2.00. The molecule has 0 aliphatic carbocycles. The van der Waals surface area contributed by atoms with Crippen LogP contribution in [0.15, 0.2) is 36.4 Å². The van der Waals surface area contributed by atoms with Gasteiger partial charge >= 0.3 is 0 Å². The van der Waals surface area contributed by atoms with Gasteiger partial charge in [0.05, 0.1) is 0 Å². The fraction of sp³-hybridized carbons (Fsp3) is 0.412. The summed E-state index contributed by atoms with van der Waals surface area (Å²) < 4.78 is 0. The van der Waals surface area contributed by atoms with E-state index in [-0.39, 0.29) is 5.41 Å². The van der Waals surface area contributed by atoms with Gasteiger partial charge < -0.3 is 5.32 Å². The molecular formula is C17H23NS. The Hall–Kier alpha value is -1.12. The maximum Gasteiger partial charge on any atom is 0.0383 e. The summed E-state index contributed by atoms with van der Waals surface area (Å²) in [5.74, 6) is 0. The SMILES string of the molecule is CNC(C)c1ccc(-c2ccc(C(C)(C)C)cc2)s1. The minimum absolute atomic E-state index is 0.222. The zero-order chi connectivity index (χ0) is 14.0. The number of benzene rings is 1. The van der Waals surface area contributed by atoms with Crippen LogP contribution in [0.5, 0.6) is 0 Å². The van der Waals surface area contributed by atoms with Gasteiger partial charge in [0.2, 0.25) is 0 Å². The van der Waals surface area contributed by atoms with Crippen LogP contribution in [-0.4, -0.2) is 7.05 Å². The predicted octanol–water partition coefficient (Wildman–Crippen LogP) is 4.99. The molecular weight excluding hydrogens is 250 g/mol. The van der Waals surface area contributed by atoms with E-state index in [1.54, 1.807) is 0 Å². The summed E-state index contributed by atoms with van der Waals surface area (Å²) in [5.41, 5.74) is 2.92. The quantitative estimate of drug-likeness (QED) is 0.830. The molecule has 19 heavy (non-hydrogen) atoms. The van der Waals surface area contributed by atoms with Crippen molar-refractivity contribution in [2.45, 2.75) is 39.2 Å². The number of hydrogen-bond donors (Lipinski definition) is 1. The second kappa shape index (κ2) is 5.48. The molecule has 2 rings (SSSR count). The van der Waals surface area contributed by atoms with Crippen LogP contribution in [0.2, 0.25) is 0 Å². The lowest BCUT2D eigenvalue weighted by Gasteiger charge is -2.19. The minimum Gasteiger partial charge on any atom is -0.313 e. The summed E-state index contributed by atoms with van der Waals surface area (Å²) in [5, 5.41) is 3.29. The Morgan fingerprint density at radius 2 is 1.63 bits per heavy atom. The van der Waals surface area contributed by atoms with Crippen LogP contribution in [0.4, 0.5) is 0 Å². The fourth-order valence-electron chi connectivity index (χ4n) is 2.02. The zero-order valence-electron chi connectivity index (χ0n) is 12.4. The van der Waals surface area contributed by atoms with Gasteiger partial charge in [-0.15, -0.1) is 11.3 Å². The fourth-order valence-corrected chi connectivity index (χ4v) is 3.09. The summed E-state index contributed by atoms with van der Waals surface area (Å²) in [6, 6.07) is 13.8. The second-order valence-corrected chi connectivity index (χ2v) is 7.16. The third-order valence-electron chi connectivity index (χ3n) is 3.52. The monoisotopic (exact) mass is 273 g/mol. The van der Waals surface area contributed by atoms with E-state index in [2.05, 4.69) is 69.4 Å². The van der Waals surface area contributed by atoms with Gasteiger partial charge in [-0.25, -0.2) is 0 Å². The first-order valence-corrected chi connectivity index (χ1v) is 7.61. The van der Waals surface area contributed by atoms with Crippen molar-refractivity contribution < 1.29 is 0 Å². The van der Waals surface area contributed by atoms with Gasteiger partial charge in [-0.3, -0.25) is 0 Å². The standard InChI is InChI=1S/C17H23NS/c1-12(18-5)15-10-11-16(19-15)13-6-8-14(9-7-13)17(2,3)4/h6-12,18H,1-5H3. The topological polar surface area (TPSA) is 12.0 Å². The lowest BCUT2D eigenvalue weighted by Crippen LogP contribution is -2.10. The first-order chi connectivity index (χ1) is 8.91. The maximum absolute atomic E-state index is 3.29. The van der Waals surface area contributed by atoms with E-state index in [1.807, 2.05) is 18.4 Å². The Bertz CT molecular complexity index is 531. The molecule has 1 heterocycles. The average molecular weight is 273 g/mol. The van der Waals surface area contributed by atoms with Gasteiger partial charge in [0.25, 0.3) is 0 Å². The van der Waals surface area contributed by atoms with Crippen LogP contribution in [0.25, 0.3) is 10.4 Å². The molecule has 0 saturated heterocycles. The Labute approximate surface area is 120 Å². The van der Waals surface area contributed by atoms with Crippen LogP contribution >= 0.6 is 11.3 Å². The molecule has 2 heteroatoms. The summed E-state index contributed by atoms with van der Waals surface area (Å²) in [4.78, 5) is 2.73. The highest BCUT2D eigenvalue weighted by Crippen LogP contribution is 2.32. The molecule has 0 radical (unpaired) electrons. The molecule has 0 amide bonds. The molecule has 0 saturated carbocycles. The largest absolute Gasteiger partial charge is 0.313 e. The molecule has 2 aromatic rings. The molecule has 1 unspecified atom stereocenters. The number of hydrogen-bond acceptors (Lipinski definition) is 2. The first kappa shape index (κ1) is 14.3. The molecule has 1 atom stereocenters. The molecule has 0 fully saturated rings. The van der Waals surface area contributed by atoms with E-state index in [0.29, 0.717) is 6.04 Å². The van der Waals surface area contributed by atoms with Crippen LogP contribution in [0.3, 0.4) is 0 Å². The van der Waals surface area contributed by atoms with Gasteiger partial charge in [-0.05, 0) is 42.6 Å². The Morgan fingerprint density at radius 3 is 2.16 bits per heavy atom. The van der Waals surface area contributed by atoms with Crippen molar-refractivity contribution in [3.05, 3.63) is 46.8 Å². The Balaban J connectivity index is 2.25. The van der Waals surface area contributed by atoms with E-state index in [1.165, 1.54) is 20.9 Å². The molecule has 1 nitrogen and oxygen atoms in total. The predicted molar refractivity (Wildman–Crippen MR) is 85.9 cm³/mol. The molecule has 102 valence electrons. The Kier molecular flexibility index (Phi) is 4.12. The minimum atomic E-state index is 0.222. The highest BCUT2D eigenvalue weighted by atomic mass is 32.1. The van der Waals surface area contributed by atoms with E-state index < -0.39 is 0 Å². The third-order valence-corrected chi connectivity index (χ3v) is 4.84. The van der Waals surface area contributed by atoms with Gasteiger partial charge in [-0.2, -0.15) is 0 Å². The van der Waals surface area contributed by atoms with E-state index in [9.17, 15) is 0 Å². The first-order valence-electron chi connectivity index (χ1n) is 6.79. The molecule has 0 aliphatic rings. The molecule has 0 bridgehead atoms. The number of nitrogens with one attached hydrogen (secondary N) is 1. The molecule has 1 N–H and O–H groups in total. The van der Waals surface area contributed by atoms with Crippen molar-refractivity contribution in [3.8, 4) is 10.4 Å². The normalized spacial score (nSPS) is 13.5. The molecule has 0 spiro atoms. The van der Waals surface area contributed by atoms with Crippen LogP contribution in [-0.2, 0) is 5.41 Å². The summed E-state index contributed by atoms with van der Waals surface area (Å²) >= 11 is 1.87.